The first-order valence-electron chi connectivity index (χ1n) is 7.79. The Balaban J connectivity index is 2.00. The molecule has 1 heterocycles. The predicted octanol–water partition coefficient (Wildman–Crippen LogP) is 2.26. The highest BCUT2D eigenvalue weighted by molar-refractivity contribution is 4.91. The number of nitrogens with zero attached hydrogens (tertiary/aromatic N) is 1. The van der Waals surface area contributed by atoms with Crippen molar-refractivity contribution >= 4 is 0 Å². The number of hydrogen-bond acceptors (Lipinski definition) is 3. The van der Waals surface area contributed by atoms with E-state index in [9.17, 15) is 0 Å². The van der Waals surface area contributed by atoms with Crippen LogP contribution in [0.15, 0.2) is 0 Å². The summed E-state index contributed by atoms with van der Waals surface area (Å²) in [5, 5.41) is 3.71. The fourth-order valence-electron chi connectivity index (χ4n) is 3.58. The van der Waals surface area contributed by atoms with Gasteiger partial charge in [-0.15, -0.1) is 0 Å². The SMILES string of the molecule is CCNC1CCC(C)CC1N1CCCOC(C)C1. The molecule has 4 atom stereocenters. The largest absolute Gasteiger partial charge is 0.377 e. The van der Waals surface area contributed by atoms with Crippen LogP contribution < -0.4 is 5.32 Å². The van der Waals surface area contributed by atoms with Gasteiger partial charge in [-0.2, -0.15) is 0 Å². The number of likely N-dealkylation sites (N-methyl/N-ethyl adjacent to an activating group) is 1. The van der Waals surface area contributed by atoms with E-state index < -0.39 is 0 Å². The van der Waals surface area contributed by atoms with Gasteiger partial charge >= 0.3 is 0 Å². The number of hydrogen-bond donors (Lipinski definition) is 1. The monoisotopic (exact) mass is 254 g/mol. The fraction of sp³-hybridized carbons (Fsp3) is 1.00. The van der Waals surface area contributed by atoms with Crippen molar-refractivity contribution in [3.05, 3.63) is 0 Å². The van der Waals surface area contributed by atoms with Crippen molar-refractivity contribution < 1.29 is 4.74 Å². The lowest BCUT2D eigenvalue weighted by Crippen LogP contribution is -2.54. The summed E-state index contributed by atoms with van der Waals surface area (Å²) in [6.45, 7) is 11.2. The summed E-state index contributed by atoms with van der Waals surface area (Å²) in [4.78, 5) is 2.70. The van der Waals surface area contributed by atoms with Gasteiger partial charge in [-0.25, -0.2) is 0 Å². The Bertz CT molecular complexity index is 247. The third-order valence-electron chi connectivity index (χ3n) is 4.50. The lowest BCUT2D eigenvalue weighted by atomic mass is 9.82. The third-order valence-corrected chi connectivity index (χ3v) is 4.50. The number of ether oxygens (including phenoxy) is 1. The van der Waals surface area contributed by atoms with Crippen molar-refractivity contribution in [3.63, 3.8) is 0 Å². The zero-order chi connectivity index (χ0) is 13.0. The first kappa shape index (κ1) is 14.3. The molecule has 2 rings (SSSR count). The highest BCUT2D eigenvalue weighted by Crippen LogP contribution is 2.28. The Kier molecular flexibility index (Phi) is 5.46. The van der Waals surface area contributed by atoms with E-state index in [4.69, 9.17) is 4.74 Å². The molecule has 0 aromatic carbocycles. The zero-order valence-electron chi connectivity index (χ0n) is 12.3. The molecule has 3 nitrogen and oxygen atoms in total. The Morgan fingerprint density at radius 3 is 2.89 bits per heavy atom. The summed E-state index contributed by atoms with van der Waals surface area (Å²) in [5.74, 6) is 0.879. The molecule has 18 heavy (non-hydrogen) atoms. The summed E-state index contributed by atoms with van der Waals surface area (Å²) in [6.07, 6.45) is 5.66. The van der Waals surface area contributed by atoms with Crippen LogP contribution in [0.2, 0.25) is 0 Å². The number of rotatable bonds is 3. The second-order valence-electron chi connectivity index (χ2n) is 6.18. The summed E-state index contributed by atoms with van der Waals surface area (Å²) in [7, 11) is 0. The molecule has 2 aliphatic rings. The Hall–Kier alpha value is -0.120. The summed E-state index contributed by atoms with van der Waals surface area (Å²) in [5.41, 5.74) is 0. The molecular weight excluding hydrogens is 224 g/mol. The van der Waals surface area contributed by atoms with Gasteiger partial charge in [0, 0.05) is 31.8 Å². The van der Waals surface area contributed by atoms with Crippen molar-refractivity contribution in [2.75, 3.05) is 26.2 Å². The van der Waals surface area contributed by atoms with E-state index in [0.29, 0.717) is 12.1 Å². The smallest absolute Gasteiger partial charge is 0.0674 e. The fourth-order valence-corrected chi connectivity index (χ4v) is 3.58. The van der Waals surface area contributed by atoms with E-state index in [1.165, 1.54) is 32.2 Å². The van der Waals surface area contributed by atoms with Gasteiger partial charge in [-0.1, -0.05) is 13.8 Å². The molecule has 4 unspecified atom stereocenters. The summed E-state index contributed by atoms with van der Waals surface area (Å²) in [6, 6.07) is 1.41. The maximum atomic E-state index is 5.78. The van der Waals surface area contributed by atoms with Gasteiger partial charge in [0.1, 0.15) is 0 Å². The lowest BCUT2D eigenvalue weighted by Gasteiger charge is -2.42. The van der Waals surface area contributed by atoms with E-state index >= 15 is 0 Å². The van der Waals surface area contributed by atoms with Gasteiger partial charge in [-0.3, -0.25) is 4.90 Å². The number of nitrogens with one attached hydrogen (secondary N) is 1. The van der Waals surface area contributed by atoms with E-state index in [0.717, 1.165) is 31.7 Å². The van der Waals surface area contributed by atoms with E-state index in [1.54, 1.807) is 0 Å². The van der Waals surface area contributed by atoms with Crippen molar-refractivity contribution in [2.45, 2.75) is 64.6 Å². The molecule has 0 amide bonds. The molecule has 0 spiro atoms. The van der Waals surface area contributed by atoms with Crippen LogP contribution in [0.5, 0.6) is 0 Å². The molecule has 1 saturated carbocycles. The molecule has 1 aliphatic carbocycles. The maximum absolute atomic E-state index is 5.78. The van der Waals surface area contributed by atoms with Crippen LogP contribution in [0.3, 0.4) is 0 Å². The van der Waals surface area contributed by atoms with Gasteiger partial charge in [0.15, 0.2) is 0 Å². The highest BCUT2D eigenvalue weighted by atomic mass is 16.5. The third kappa shape index (κ3) is 3.69. The lowest BCUT2D eigenvalue weighted by molar-refractivity contribution is 0.0454. The minimum absolute atomic E-state index is 0.395. The predicted molar refractivity (Wildman–Crippen MR) is 75.9 cm³/mol. The van der Waals surface area contributed by atoms with Crippen LogP contribution in [0.1, 0.15) is 46.5 Å². The summed E-state index contributed by atoms with van der Waals surface area (Å²) < 4.78 is 5.78. The van der Waals surface area contributed by atoms with Gasteiger partial charge in [-0.05, 0) is 45.1 Å². The van der Waals surface area contributed by atoms with Crippen LogP contribution >= 0.6 is 0 Å². The van der Waals surface area contributed by atoms with Crippen molar-refractivity contribution in [1.29, 1.82) is 0 Å². The van der Waals surface area contributed by atoms with Gasteiger partial charge in [0.2, 0.25) is 0 Å². The molecule has 1 saturated heterocycles. The molecule has 0 aromatic heterocycles. The normalized spacial score (nSPS) is 39.5. The molecule has 3 heteroatoms. The van der Waals surface area contributed by atoms with Crippen LogP contribution in [0.25, 0.3) is 0 Å². The second-order valence-corrected chi connectivity index (χ2v) is 6.18. The van der Waals surface area contributed by atoms with Gasteiger partial charge in [0.05, 0.1) is 6.10 Å². The molecule has 0 bridgehead atoms. The van der Waals surface area contributed by atoms with E-state index in [-0.39, 0.29) is 0 Å². The quantitative estimate of drug-likeness (QED) is 0.836. The summed E-state index contributed by atoms with van der Waals surface area (Å²) >= 11 is 0. The van der Waals surface area contributed by atoms with Gasteiger partial charge in [0.25, 0.3) is 0 Å². The Morgan fingerprint density at radius 1 is 1.28 bits per heavy atom. The molecule has 2 fully saturated rings. The average molecular weight is 254 g/mol. The van der Waals surface area contributed by atoms with Crippen molar-refractivity contribution in [1.82, 2.24) is 10.2 Å². The van der Waals surface area contributed by atoms with Crippen LogP contribution in [-0.4, -0.2) is 49.3 Å². The van der Waals surface area contributed by atoms with Gasteiger partial charge < -0.3 is 10.1 Å². The van der Waals surface area contributed by atoms with Crippen LogP contribution in [0, 0.1) is 5.92 Å². The molecular formula is C15H30N2O. The molecule has 1 aliphatic heterocycles. The Morgan fingerprint density at radius 2 is 2.11 bits per heavy atom. The van der Waals surface area contributed by atoms with E-state index in [2.05, 4.69) is 31.0 Å². The molecule has 1 N–H and O–H groups in total. The van der Waals surface area contributed by atoms with Crippen molar-refractivity contribution in [2.24, 2.45) is 5.92 Å². The first-order valence-corrected chi connectivity index (χ1v) is 7.79. The first-order chi connectivity index (χ1) is 8.70. The highest BCUT2D eigenvalue weighted by Gasteiger charge is 2.33. The zero-order valence-corrected chi connectivity index (χ0v) is 12.3. The van der Waals surface area contributed by atoms with Crippen molar-refractivity contribution in [3.8, 4) is 0 Å². The second kappa shape index (κ2) is 6.88. The molecule has 0 radical (unpaired) electrons. The van der Waals surface area contributed by atoms with Crippen LogP contribution in [0.4, 0.5) is 0 Å². The average Bonchev–Trinajstić information content (AvgIpc) is 2.56. The molecule has 106 valence electrons. The minimum Gasteiger partial charge on any atom is -0.377 e. The van der Waals surface area contributed by atoms with E-state index in [1.807, 2.05) is 0 Å². The standard InChI is InChI=1S/C15H30N2O/c1-4-16-14-7-6-12(2)10-15(14)17-8-5-9-18-13(3)11-17/h12-16H,4-11H2,1-3H3. The Labute approximate surface area is 112 Å². The minimum atomic E-state index is 0.395. The molecule has 0 aromatic rings. The maximum Gasteiger partial charge on any atom is 0.0674 e. The topological polar surface area (TPSA) is 24.5 Å². The van der Waals surface area contributed by atoms with Crippen LogP contribution in [-0.2, 0) is 4.74 Å².